The standard InChI is InChI=1S/C11H11Cl2N3O7/c12-10(13)11(18)14-8(5-23-16(21)22)9(17)6-1-3-7(4-2-6)15(19)20/h1-4,8-10,17H,5H2,(H,14,18)/t8-,9-/m1/s1. The molecule has 0 aliphatic heterocycles. The number of nitrogens with zero attached hydrogens (tertiary/aromatic N) is 2. The van der Waals surface area contributed by atoms with Crippen LogP contribution in [0.3, 0.4) is 0 Å². The molecule has 1 rings (SSSR count). The van der Waals surface area contributed by atoms with Gasteiger partial charge in [-0.15, -0.1) is 10.1 Å². The molecule has 126 valence electrons. The summed E-state index contributed by atoms with van der Waals surface area (Å²) in [5.74, 6) is -0.883. The zero-order valence-electron chi connectivity index (χ0n) is 11.3. The van der Waals surface area contributed by atoms with Gasteiger partial charge in [0.25, 0.3) is 16.7 Å². The van der Waals surface area contributed by atoms with Gasteiger partial charge in [-0.2, -0.15) is 0 Å². The third kappa shape index (κ3) is 5.85. The summed E-state index contributed by atoms with van der Waals surface area (Å²) in [5.41, 5.74) is -0.0294. The first-order chi connectivity index (χ1) is 10.7. The molecule has 2 atom stereocenters. The number of carbonyl (C=O) groups is 1. The van der Waals surface area contributed by atoms with Gasteiger partial charge in [0, 0.05) is 12.1 Å². The van der Waals surface area contributed by atoms with E-state index in [0.717, 1.165) is 12.1 Å². The van der Waals surface area contributed by atoms with Crippen molar-refractivity contribution in [3.63, 3.8) is 0 Å². The largest absolute Gasteiger partial charge is 0.386 e. The molecule has 10 nitrogen and oxygen atoms in total. The van der Waals surface area contributed by atoms with Gasteiger partial charge in [-0.25, -0.2) is 0 Å². The van der Waals surface area contributed by atoms with Gasteiger partial charge in [0.2, 0.25) is 0 Å². The van der Waals surface area contributed by atoms with Crippen molar-refractivity contribution in [1.82, 2.24) is 5.32 Å². The van der Waals surface area contributed by atoms with Crippen LogP contribution in [0.4, 0.5) is 5.69 Å². The highest BCUT2D eigenvalue weighted by atomic mass is 35.5. The van der Waals surface area contributed by atoms with Crippen LogP contribution >= 0.6 is 23.2 Å². The molecule has 0 heterocycles. The summed E-state index contributed by atoms with van der Waals surface area (Å²) in [7, 11) is 0. The Morgan fingerprint density at radius 1 is 1.26 bits per heavy atom. The smallest absolute Gasteiger partial charge is 0.294 e. The average molecular weight is 368 g/mol. The van der Waals surface area contributed by atoms with Gasteiger partial charge >= 0.3 is 0 Å². The molecule has 2 N–H and O–H groups in total. The van der Waals surface area contributed by atoms with Crippen LogP contribution in [0, 0.1) is 20.2 Å². The fourth-order valence-corrected chi connectivity index (χ4v) is 1.75. The van der Waals surface area contributed by atoms with Crippen molar-refractivity contribution in [1.29, 1.82) is 0 Å². The second kappa shape index (κ2) is 8.46. The minimum absolute atomic E-state index is 0.175. The number of non-ortho nitro benzene ring substituents is 1. The van der Waals surface area contributed by atoms with Crippen LogP contribution in [0.25, 0.3) is 0 Å². The van der Waals surface area contributed by atoms with Crippen molar-refractivity contribution in [2.75, 3.05) is 6.61 Å². The van der Waals surface area contributed by atoms with E-state index in [0.29, 0.717) is 0 Å². The maximum absolute atomic E-state index is 11.5. The Morgan fingerprint density at radius 3 is 2.26 bits per heavy atom. The van der Waals surface area contributed by atoms with Gasteiger partial charge in [0.15, 0.2) is 4.84 Å². The van der Waals surface area contributed by atoms with Gasteiger partial charge in [-0.1, -0.05) is 23.2 Å². The molecule has 0 fully saturated rings. The van der Waals surface area contributed by atoms with E-state index in [1.54, 1.807) is 0 Å². The molecule has 0 saturated carbocycles. The lowest BCUT2D eigenvalue weighted by Crippen LogP contribution is -2.45. The number of alkyl halides is 2. The fraction of sp³-hybridized carbons (Fsp3) is 0.364. The fourth-order valence-electron chi connectivity index (χ4n) is 1.62. The van der Waals surface area contributed by atoms with Crippen molar-refractivity contribution in [3.8, 4) is 0 Å². The molecule has 0 bridgehead atoms. The summed E-state index contributed by atoms with van der Waals surface area (Å²) in [5, 5.41) is 32.1. The van der Waals surface area contributed by atoms with Crippen molar-refractivity contribution in [2.45, 2.75) is 17.0 Å². The van der Waals surface area contributed by atoms with E-state index in [-0.39, 0.29) is 11.3 Å². The predicted octanol–water partition coefficient (Wildman–Crippen LogP) is 1.12. The first kappa shape index (κ1) is 18.9. The van der Waals surface area contributed by atoms with E-state index < -0.39 is 39.5 Å². The third-order valence-electron chi connectivity index (χ3n) is 2.71. The Hall–Kier alpha value is -2.17. The number of aliphatic hydroxyl groups is 1. The molecule has 0 aliphatic carbocycles. The molecule has 1 amide bonds. The van der Waals surface area contributed by atoms with E-state index >= 15 is 0 Å². The molecule has 0 aliphatic rings. The second-order valence-electron chi connectivity index (χ2n) is 4.23. The number of carbonyl (C=O) groups excluding carboxylic acids is 1. The van der Waals surface area contributed by atoms with Gasteiger partial charge in [0.1, 0.15) is 12.7 Å². The number of halogens is 2. The van der Waals surface area contributed by atoms with E-state index in [1.165, 1.54) is 12.1 Å². The molecule has 0 unspecified atom stereocenters. The van der Waals surface area contributed by atoms with Gasteiger partial charge < -0.3 is 15.3 Å². The number of benzene rings is 1. The number of nitrogens with one attached hydrogen (secondary N) is 1. The van der Waals surface area contributed by atoms with Crippen LogP contribution in [0.15, 0.2) is 24.3 Å². The van der Waals surface area contributed by atoms with E-state index in [1.807, 2.05) is 0 Å². The zero-order valence-corrected chi connectivity index (χ0v) is 12.8. The monoisotopic (exact) mass is 367 g/mol. The maximum atomic E-state index is 11.5. The second-order valence-corrected chi connectivity index (χ2v) is 5.32. The van der Waals surface area contributed by atoms with E-state index in [4.69, 9.17) is 23.2 Å². The molecule has 0 aromatic heterocycles. The molecular formula is C11H11Cl2N3O7. The van der Waals surface area contributed by atoms with Crippen LogP contribution in [-0.4, -0.2) is 38.5 Å². The number of amides is 1. The number of rotatable bonds is 8. The van der Waals surface area contributed by atoms with Crippen molar-refractivity contribution >= 4 is 34.8 Å². The van der Waals surface area contributed by atoms with Crippen LogP contribution in [0.1, 0.15) is 11.7 Å². The highest BCUT2D eigenvalue weighted by Crippen LogP contribution is 2.21. The zero-order chi connectivity index (χ0) is 17.6. The molecule has 0 spiro atoms. The Morgan fingerprint density at radius 2 is 1.83 bits per heavy atom. The molecule has 0 saturated heterocycles. The van der Waals surface area contributed by atoms with Gasteiger partial charge in [-0.05, 0) is 17.7 Å². The minimum atomic E-state index is -1.45. The highest BCUT2D eigenvalue weighted by Gasteiger charge is 2.26. The van der Waals surface area contributed by atoms with Crippen LogP contribution in [0.2, 0.25) is 0 Å². The quantitative estimate of drug-likeness (QED) is 0.397. The van der Waals surface area contributed by atoms with Crippen molar-refractivity contribution < 1.29 is 24.7 Å². The molecule has 0 radical (unpaired) electrons. The summed E-state index contributed by atoms with van der Waals surface area (Å²) in [6.45, 7) is -0.669. The lowest BCUT2D eigenvalue weighted by molar-refractivity contribution is -0.758. The Balaban J connectivity index is 2.91. The maximum Gasteiger partial charge on any atom is 0.294 e. The Kier molecular flexibility index (Phi) is 6.94. The first-order valence-corrected chi connectivity index (χ1v) is 6.88. The number of hydrogen-bond acceptors (Lipinski definition) is 7. The topological polar surface area (TPSA) is 145 Å². The summed E-state index contributed by atoms with van der Waals surface area (Å²) in [4.78, 5) is 34.4. The number of nitro groups is 1. The van der Waals surface area contributed by atoms with Crippen molar-refractivity contribution in [3.05, 3.63) is 50.1 Å². The lowest BCUT2D eigenvalue weighted by atomic mass is 10.0. The Labute approximate surface area is 139 Å². The number of nitro benzene ring substituents is 1. The molecule has 12 heteroatoms. The minimum Gasteiger partial charge on any atom is -0.386 e. The molecular weight excluding hydrogens is 357 g/mol. The van der Waals surface area contributed by atoms with Crippen LogP contribution in [-0.2, 0) is 9.63 Å². The first-order valence-electron chi connectivity index (χ1n) is 6.00. The van der Waals surface area contributed by atoms with Gasteiger partial charge in [0.05, 0.1) is 11.0 Å². The van der Waals surface area contributed by atoms with E-state index in [2.05, 4.69) is 10.2 Å². The summed E-state index contributed by atoms with van der Waals surface area (Å²) >= 11 is 10.7. The summed E-state index contributed by atoms with van der Waals surface area (Å²) in [6, 6.07) is 3.52. The van der Waals surface area contributed by atoms with Gasteiger partial charge in [-0.3, -0.25) is 14.9 Å². The number of hydrogen-bond donors (Lipinski definition) is 2. The number of aliphatic hydroxyl groups excluding tert-OH is 1. The molecule has 23 heavy (non-hydrogen) atoms. The highest BCUT2D eigenvalue weighted by molar-refractivity contribution is 6.53. The molecule has 1 aromatic carbocycles. The molecule has 1 aromatic rings. The van der Waals surface area contributed by atoms with Crippen LogP contribution in [0.5, 0.6) is 0 Å². The van der Waals surface area contributed by atoms with Crippen molar-refractivity contribution in [2.24, 2.45) is 0 Å². The summed E-state index contributed by atoms with van der Waals surface area (Å²) < 4.78 is 0. The van der Waals surface area contributed by atoms with E-state index in [9.17, 15) is 30.1 Å². The summed E-state index contributed by atoms with van der Waals surface area (Å²) in [6.07, 6.45) is -1.44. The van der Waals surface area contributed by atoms with Crippen LogP contribution < -0.4 is 5.32 Å². The Bertz CT molecular complexity index is 581. The SMILES string of the molecule is O=C(N[C@H](CO[N+](=O)[O-])[C@H](O)c1ccc([N+](=O)[O-])cc1)C(Cl)Cl. The normalized spacial score (nSPS) is 13.2. The lowest BCUT2D eigenvalue weighted by Gasteiger charge is -2.23. The average Bonchev–Trinajstić information content (AvgIpc) is 2.50. The predicted molar refractivity (Wildman–Crippen MR) is 78.4 cm³/mol. The third-order valence-corrected chi connectivity index (χ3v) is 3.11.